The number of thioether (sulfide) groups is 1. The second-order valence-corrected chi connectivity index (χ2v) is 8.97. The molecule has 7 heteroatoms. The number of aliphatic hydroxyl groups excluding tert-OH is 1. The standard InChI is InChI=1S/C20H27N3O2S2/c1-2-8-15-9-6-7-12-18(15)25-13-17(24)14-26-20-23-22-19(27-20)21-16-10-4-3-5-11-16/h2,6-7,9,12,16-17,24H,1,3-5,8,10-11,13-14H2,(H,21,22). The van der Waals surface area contributed by atoms with Crippen molar-refractivity contribution in [1.29, 1.82) is 0 Å². The summed E-state index contributed by atoms with van der Waals surface area (Å²) in [5.74, 6) is 1.33. The number of nitrogens with zero attached hydrogens (tertiary/aromatic N) is 2. The van der Waals surface area contributed by atoms with Gasteiger partial charge in [0.2, 0.25) is 5.13 Å². The van der Waals surface area contributed by atoms with Gasteiger partial charge in [-0.05, 0) is 30.9 Å². The molecular weight excluding hydrogens is 378 g/mol. The molecule has 0 radical (unpaired) electrons. The van der Waals surface area contributed by atoms with Gasteiger partial charge in [0, 0.05) is 11.8 Å². The Kier molecular flexibility index (Phi) is 7.98. The highest BCUT2D eigenvalue weighted by Crippen LogP contribution is 2.29. The Morgan fingerprint density at radius 1 is 1.30 bits per heavy atom. The Bertz CT molecular complexity index is 717. The number of rotatable bonds is 10. The van der Waals surface area contributed by atoms with Crippen LogP contribution in [-0.2, 0) is 6.42 Å². The van der Waals surface area contributed by atoms with E-state index in [1.54, 1.807) is 11.3 Å². The van der Waals surface area contributed by atoms with Crippen LogP contribution in [0.3, 0.4) is 0 Å². The highest BCUT2D eigenvalue weighted by molar-refractivity contribution is 8.01. The molecule has 1 aromatic carbocycles. The molecule has 3 rings (SSSR count). The van der Waals surface area contributed by atoms with E-state index in [0.717, 1.165) is 27.2 Å². The minimum absolute atomic E-state index is 0.257. The van der Waals surface area contributed by atoms with E-state index in [4.69, 9.17) is 4.74 Å². The number of ether oxygens (including phenoxy) is 1. The fraction of sp³-hybridized carbons (Fsp3) is 0.500. The topological polar surface area (TPSA) is 67.3 Å². The number of para-hydroxylation sites is 1. The van der Waals surface area contributed by atoms with Crippen molar-refractivity contribution in [3.8, 4) is 5.75 Å². The molecule has 1 aromatic heterocycles. The van der Waals surface area contributed by atoms with Gasteiger partial charge in [-0.2, -0.15) is 0 Å². The predicted molar refractivity (Wildman–Crippen MR) is 113 cm³/mol. The van der Waals surface area contributed by atoms with E-state index in [1.807, 2.05) is 30.3 Å². The first-order valence-corrected chi connectivity index (χ1v) is 11.3. The first-order valence-electron chi connectivity index (χ1n) is 9.47. The van der Waals surface area contributed by atoms with Crippen molar-refractivity contribution in [3.63, 3.8) is 0 Å². The monoisotopic (exact) mass is 405 g/mol. The number of aromatic nitrogens is 2. The van der Waals surface area contributed by atoms with E-state index in [2.05, 4.69) is 22.1 Å². The van der Waals surface area contributed by atoms with Gasteiger partial charge in [0.15, 0.2) is 4.34 Å². The van der Waals surface area contributed by atoms with Gasteiger partial charge in [0.1, 0.15) is 12.4 Å². The second kappa shape index (κ2) is 10.7. The van der Waals surface area contributed by atoms with Crippen LogP contribution in [0, 0.1) is 0 Å². The van der Waals surface area contributed by atoms with Crippen LogP contribution in [0.15, 0.2) is 41.3 Å². The summed E-state index contributed by atoms with van der Waals surface area (Å²) in [7, 11) is 0. The third-order valence-electron chi connectivity index (χ3n) is 4.51. The minimum atomic E-state index is -0.564. The van der Waals surface area contributed by atoms with Gasteiger partial charge in [-0.3, -0.25) is 0 Å². The fourth-order valence-corrected chi connectivity index (χ4v) is 4.88. The molecule has 0 bridgehead atoms. The molecule has 5 nitrogen and oxygen atoms in total. The zero-order chi connectivity index (χ0) is 18.9. The highest BCUT2D eigenvalue weighted by Gasteiger charge is 2.16. The van der Waals surface area contributed by atoms with Crippen molar-refractivity contribution in [2.24, 2.45) is 0 Å². The molecule has 1 aliphatic carbocycles. The molecule has 1 saturated carbocycles. The molecule has 2 aromatic rings. The van der Waals surface area contributed by atoms with E-state index < -0.39 is 6.10 Å². The molecule has 0 saturated heterocycles. The number of hydrogen-bond acceptors (Lipinski definition) is 7. The lowest BCUT2D eigenvalue weighted by atomic mass is 9.96. The molecule has 1 heterocycles. The normalized spacial score (nSPS) is 16.0. The minimum Gasteiger partial charge on any atom is -0.491 e. The first kappa shape index (κ1) is 20.2. The molecule has 0 spiro atoms. The first-order chi connectivity index (χ1) is 13.2. The van der Waals surface area contributed by atoms with Crippen molar-refractivity contribution in [3.05, 3.63) is 42.5 Å². The number of anilines is 1. The molecule has 1 fully saturated rings. The number of aliphatic hydroxyl groups is 1. The maximum absolute atomic E-state index is 10.2. The summed E-state index contributed by atoms with van der Waals surface area (Å²) in [4.78, 5) is 0. The van der Waals surface area contributed by atoms with Crippen LogP contribution in [0.25, 0.3) is 0 Å². The predicted octanol–water partition coefficient (Wildman–Crippen LogP) is 4.54. The quantitative estimate of drug-likeness (QED) is 0.447. The summed E-state index contributed by atoms with van der Waals surface area (Å²) < 4.78 is 6.66. The average Bonchev–Trinajstić information content (AvgIpc) is 3.14. The number of benzene rings is 1. The lowest BCUT2D eigenvalue weighted by Gasteiger charge is -2.21. The Morgan fingerprint density at radius 2 is 2.11 bits per heavy atom. The Hall–Kier alpha value is -1.57. The van der Waals surface area contributed by atoms with Crippen LogP contribution in [0.1, 0.15) is 37.7 Å². The Labute approximate surface area is 169 Å². The third kappa shape index (κ3) is 6.52. The van der Waals surface area contributed by atoms with E-state index in [-0.39, 0.29) is 6.61 Å². The SMILES string of the molecule is C=CCc1ccccc1OCC(O)CSc1nnc(NC2CCCCC2)s1. The summed E-state index contributed by atoms with van der Waals surface area (Å²) in [6.07, 6.45) is 8.39. The van der Waals surface area contributed by atoms with Crippen LogP contribution in [0.4, 0.5) is 5.13 Å². The van der Waals surface area contributed by atoms with Crippen molar-refractivity contribution in [2.75, 3.05) is 17.7 Å². The summed E-state index contributed by atoms with van der Waals surface area (Å²) in [6, 6.07) is 8.38. The molecule has 27 heavy (non-hydrogen) atoms. The Morgan fingerprint density at radius 3 is 2.93 bits per heavy atom. The highest BCUT2D eigenvalue weighted by atomic mass is 32.2. The number of hydrogen-bond donors (Lipinski definition) is 2. The van der Waals surface area contributed by atoms with Crippen molar-refractivity contribution in [1.82, 2.24) is 10.2 Å². The fourth-order valence-electron chi connectivity index (χ4n) is 3.12. The zero-order valence-electron chi connectivity index (χ0n) is 15.5. The van der Waals surface area contributed by atoms with Gasteiger partial charge >= 0.3 is 0 Å². The summed E-state index contributed by atoms with van der Waals surface area (Å²) in [5.41, 5.74) is 1.08. The van der Waals surface area contributed by atoms with Gasteiger partial charge in [0.05, 0.1) is 6.10 Å². The molecule has 0 amide bonds. The van der Waals surface area contributed by atoms with E-state index in [9.17, 15) is 5.11 Å². The van der Waals surface area contributed by atoms with Gasteiger partial charge in [-0.15, -0.1) is 16.8 Å². The molecular formula is C20H27N3O2S2. The molecule has 1 aliphatic rings. The van der Waals surface area contributed by atoms with Crippen molar-refractivity contribution in [2.45, 2.75) is 55.0 Å². The smallest absolute Gasteiger partial charge is 0.206 e. The van der Waals surface area contributed by atoms with Crippen LogP contribution < -0.4 is 10.1 Å². The van der Waals surface area contributed by atoms with E-state index >= 15 is 0 Å². The molecule has 146 valence electrons. The average molecular weight is 406 g/mol. The molecule has 1 atom stereocenters. The largest absolute Gasteiger partial charge is 0.491 e. The number of nitrogens with one attached hydrogen (secondary N) is 1. The maximum atomic E-state index is 10.2. The van der Waals surface area contributed by atoms with Gasteiger partial charge in [0.25, 0.3) is 0 Å². The summed E-state index contributed by atoms with van der Waals surface area (Å²) in [6.45, 7) is 4.03. The number of allylic oxidation sites excluding steroid dienone is 1. The Balaban J connectivity index is 1.41. The lowest BCUT2D eigenvalue weighted by Crippen LogP contribution is -2.21. The van der Waals surface area contributed by atoms with Crippen LogP contribution in [0.2, 0.25) is 0 Å². The zero-order valence-corrected chi connectivity index (χ0v) is 17.1. The van der Waals surface area contributed by atoms with Crippen LogP contribution in [-0.4, -0.2) is 39.8 Å². The van der Waals surface area contributed by atoms with Crippen LogP contribution >= 0.6 is 23.1 Å². The molecule has 1 unspecified atom stereocenters. The van der Waals surface area contributed by atoms with Crippen molar-refractivity contribution >= 4 is 28.2 Å². The van der Waals surface area contributed by atoms with Crippen LogP contribution in [0.5, 0.6) is 5.75 Å². The lowest BCUT2D eigenvalue weighted by molar-refractivity contribution is 0.126. The molecule has 0 aliphatic heterocycles. The van der Waals surface area contributed by atoms with Crippen molar-refractivity contribution < 1.29 is 9.84 Å². The summed E-state index contributed by atoms with van der Waals surface area (Å²) in [5, 5.41) is 23.1. The third-order valence-corrected chi connectivity index (χ3v) is 6.64. The second-order valence-electron chi connectivity index (χ2n) is 6.73. The maximum Gasteiger partial charge on any atom is 0.206 e. The van der Waals surface area contributed by atoms with Gasteiger partial charge in [-0.25, -0.2) is 0 Å². The van der Waals surface area contributed by atoms with Gasteiger partial charge < -0.3 is 15.2 Å². The molecule has 2 N–H and O–H groups in total. The summed E-state index contributed by atoms with van der Waals surface area (Å²) >= 11 is 3.08. The van der Waals surface area contributed by atoms with E-state index in [1.165, 1.54) is 43.9 Å². The van der Waals surface area contributed by atoms with Gasteiger partial charge in [-0.1, -0.05) is 66.6 Å². The van der Waals surface area contributed by atoms with E-state index in [0.29, 0.717) is 11.8 Å².